The lowest BCUT2D eigenvalue weighted by Crippen LogP contribution is -2.23. The van der Waals surface area contributed by atoms with Crippen molar-refractivity contribution in [2.24, 2.45) is 0 Å². The smallest absolute Gasteiger partial charge is 0.274 e. The van der Waals surface area contributed by atoms with Crippen molar-refractivity contribution in [1.29, 1.82) is 0 Å². The molecule has 0 saturated heterocycles. The lowest BCUT2D eigenvalue weighted by molar-refractivity contribution is 0.0363. The molecular weight excluding hydrogens is 178 g/mol. The monoisotopic (exact) mass is 187 g/mol. The normalized spacial score (nSPS) is 9.83. The largest absolute Gasteiger partial charge is 0.305 e. The molecular formula is C6H9N3O2S. The first-order valence-corrected chi connectivity index (χ1v) is 4.28. The van der Waals surface area contributed by atoms with Gasteiger partial charge in [0.25, 0.3) is 0 Å². The zero-order valence-electron chi connectivity index (χ0n) is 6.83. The fourth-order valence-corrected chi connectivity index (χ4v) is 1.15. The molecule has 1 rings (SSSR count). The van der Waals surface area contributed by atoms with Gasteiger partial charge in [-0.25, -0.2) is 5.48 Å². The van der Waals surface area contributed by atoms with E-state index in [1.165, 1.54) is 11.3 Å². The van der Waals surface area contributed by atoms with Crippen LogP contribution in [-0.2, 0) is 4.84 Å². The number of amides is 1. The summed E-state index contributed by atoms with van der Waals surface area (Å²) in [6.07, 6.45) is 0. The van der Waals surface area contributed by atoms with Crippen LogP contribution in [0.1, 0.15) is 21.7 Å². The molecule has 0 bridgehead atoms. The second-order valence-electron chi connectivity index (χ2n) is 1.99. The lowest BCUT2D eigenvalue weighted by atomic mass is 10.7. The minimum Gasteiger partial charge on any atom is -0.274 e. The van der Waals surface area contributed by atoms with E-state index in [2.05, 4.69) is 15.7 Å². The van der Waals surface area contributed by atoms with Gasteiger partial charge in [-0.1, -0.05) is 11.3 Å². The van der Waals surface area contributed by atoms with Crippen LogP contribution in [0.3, 0.4) is 0 Å². The number of aromatic nitrogens is 2. The Morgan fingerprint density at radius 2 is 2.42 bits per heavy atom. The third-order valence-corrected chi connectivity index (χ3v) is 1.87. The third kappa shape index (κ3) is 2.24. The van der Waals surface area contributed by atoms with Crippen LogP contribution >= 0.6 is 11.3 Å². The van der Waals surface area contributed by atoms with Crippen molar-refractivity contribution < 1.29 is 9.63 Å². The molecule has 0 fully saturated rings. The Kier molecular flexibility index (Phi) is 3.12. The van der Waals surface area contributed by atoms with Gasteiger partial charge < -0.3 is 0 Å². The first-order chi connectivity index (χ1) is 5.74. The molecule has 5 nitrogen and oxygen atoms in total. The van der Waals surface area contributed by atoms with Gasteiger partial charge in [0.1, 0.15) is 5.01 Å². The first kappa shape index (κ1) is 9.08. The van der Waals surface area contributed by atoms with Crippen molar-refractivity contribution in [2.75, 3.05) is 6.61 Å². The van der Waals surface area contributed by atoms with E-state index in [-0.39, 0.29) is 5.91 Å². The highest BCUT2D eigenvalue weighted by atomic mass is 32.1. The molecule has 0 aliphatic carbocycles. The van der Waals surface area contributed by atoms with E-state index in [1.54, 1.807) is 13.8 Å². The maximum Gasteiger partial charge on any atom is 0.305 e. The van der Waals surface area contributed by atoms with Crippen LogP contribution in [0.4, 0.5) is 0 Å². The summed E-state index contributed by atoms with van der Waals surface area (Å²) in [5.74, 6) is -0.345. The maximum atomic E-state index is 11.1. The number of carbonyl (C=O) groups is 1. The second-order valence-corrected chi connectivity index (χ2v) is 3.17. The number of aryl methyl sites for hydroxylation is 1. The van der Waals surface area contributed by atoms with Crippen LogP contribution in [0.2, 0.25) is 0 Å². The van der Waals surface area contributed by atoms with E-state index in [4.69, 9.17) is 4.84 Å². The van der Waals surface area contributed by atoms with E-state index in [0.717, 1.165) is 5.01 Å². The van der Waals surface area contributed by atoms with Crippen LogP contribution in [0.15, 0.2) is 0 Å². The molecule has 1 aromatic heterocycles. The number of hydroxylamine groups is 1. The van der Waals surface area contributed by atoms with Crippen molar-refractivity contribution in [3.63, 3.8) is 0 Å². The van der Waals surface area contributed by atoms with Gasteiger partial charge in [-0.05, 0) is 13.8 Å². The van der Waals surface area contributed by atoms with Gasteiger partial charge in [0.05, 0.1) is 6.61 Å². The third-order valence-electron chi connectivity index (χ3n) is 1.03. The molecule has 0 saturated carbocycles. The van der Waals surface area contributed by atoms with Gasteiger partial charge in [-0.3, -0.25) is 9.63 Å². The summed E-state index contributed by atoms with van der Waals surface area (Å²) >= 11 is 1.23. The first-order valence-electron chi connectivity index (χ1n) is 3.46. The molecule has 12 heavy (non-hydrogen) atoms. The van der Waals surface area contributed by atoms with Gasteiger partial charge in [0, 0.05) is 0 Å². The lowest BCUT2D eigenvalue weighted by Gasteiger charge is -1.98. The van der Waals surface area contributed by atoms with Crippen molar-refractivity contribution in [1.82, 2.24) is 15.7 Å². The summed E-state index contributed by atoms with van der Waals surface area (Å²) in [7, 11) is 0. The molecule has 1 amide bonds. The molecule has 1 aromatic rings. The Morgan fingerprint density at radius 1 is 1.67 bits per heavy atom. The molecule has 0 spiro atoms. The fraction of sp³-hybridized carbons (Fsp3) is 0.500. The van der Waals surface area contributed by atoms with Crippen LogP contribution in [0.5, 0.6) is 0 Å². The van der Waals surface area contributed by atoms with E-state index in [9.17, 15) is 4.79 Å². The number of nitrogens with one attached hydrogen (secondary N) is 1. The Labute approximate surface area is 73.7 Å². The molecule has 1 N–H and O–H groups in total. The van der Waals surface area contributed by atoms with Crippen LogP contribution < -0.4 is 5.48 Å². The standard InChI is InChI=1S/C6H9N3O2S/c1-3-11-9-5(10)6-8-7-4(2)12-6/h3H2,1-2H3,(H,9,10). The summed E-state index contributed by atoms with van der Waals surface area (Å²) in [5.41, 5.74) is 2.23. The number of rotatable bonds is 3. The quantitative estimate of drug-likeness (QED) is 0.701. The molecule has 6 heteroatoms. The van der Waals surface area contributed by atoms with Crippen molar-refractivity contribution in [3.8, 4) is 0 Å². The van der Waals surface area contributed by atoms with Gasteiger partial charge >= 0.3 is 5.91 Å². The molecule has 0 aromatic carbocycles. The molecule has 66 valence electrons. The highest BCUT2D eigenvalue weighted by Gasteiger charge is 2.09. The van der Waals surface area contributed by atoms with Crippen molar-refractivity contribution in [3.05, 3.63) is 10.0 Å². The zero-order chi connectivity index (χ0) is 8.97. The van der Waals surface area contributed by atoms with Crippen molar-refractivity contribution in [2.45, 2.75) is 13.8 Å². The SMILES string of the molecule is CCONC(=O)c1nnc(C)s1. The van der Waals surface area contributed by atoms with E-state index >= 15 is 0 Å². The number of hydrogen-bond donors (Lipinski definition) is 1. The van der Waals surface area contributed by atoms with Gasteiger partial charge in [-0.15, -0.1) is 10.2 Å². The Hall–Kier alpha value is -1.01. The van der Waals surface area contributed by atoms with Crippen LogP contribution in [0.25, 0.3) is 0 Å². The van der Waals surface area contributed by atoms with E-state index < -0.39 is 0 Å². The highest BCUT2D eigenvalue weighted by Crippen LogP contribution is 2.06. The van der Waals surface area contributed by atoms with Gasteiger partial charge in [-0.2, -0.15) is 0 Å². The predicted octanol–water partition coefficient (Wildman–Crippen LogP) is 0.528. The minimum absolute atomic E-state index is 0.320. The van der Waals surface area contributed by atoms with Gasteiger partial charge in [0.2, 0.25) is 5.01 Å². The number of hydrogen-bond acceptors (Lipinski definition) is 5. The van der Waals surface area contributed by atoms with Gasteiger partial charge in [0.15, 0.2) is 0 Å². The molecule has 1 heterocycles. The average molecular weight is 187 g/mol. The summed E-state index contributed by atoms with van der Waals surface area (Å²) in [4.78, 5) is 15.8. The van der Waals surface area contributed by atoms with Crippen molar-refractivity contribution >= 4 is 17.2 Å². The summed E-state index contributed by atoms with van der Waals surface area (Å²) in [5, 5.41) is 8.42. The number of nitrogens with zero attached hydrogens (tertiary/aromatic N) is 2. The predicted molar refractivity (Wildman–Crippen MR) is 43.7 cm³/mol. The van der Waals surface area contributed by atoms with Crippen LogP contribution in [0, 0.1) is 6.92 Å². The fourth-order valence-electron chi connectivity index (χ4n) is 0.570. The zero-order valence-corrected chi connectivity index (χ0v) is 7.64. The Balaban J connectivity index is 2.53. The molecule has 0 radical (unpaired) electrons. The summed E-state index contributed by atoms with van der Waals surface area (Å²) in [6, 6.07) is 0. The summed E-state index contributed by atoms with van der Waals surface area (Å²) < 4.78 is 0. The Morgan fingerprint density at radius 3 is 2.92 bits per heavy atom. The summed E-state index contributed by atoms with van der Waals surface area (Å²) in [6.45, 7) is 4.00. The van der Waals surface area contributed by atoms with Crippen LogP contribution in [-0.4, -0.2) is 22.7 Å². The minimum atomic E-state index is -0.345. The highest BCUT2D eigenvalue weighted by molar-refractivity contribution is 7.13. The second kappa shape index (κ2) is 4.13. The molecule has 0 unspecified atom stereocenters. The Bertz CT molecular complexity index is 274. The van der Waals surface area contributed by atoms with E-state index in [0.29, 0.717) is 11.6 Å². The average Bonchev–Trinajstić information content (AvgIpc) is 2.47. The topological polar surface area (TPSA) is 64.1 Å². The number of carbonyl (C=O) groups excluding carboxylic acids is 1. The molecule has 0 aliphatic heterocycles. The molecule has 0 atom stereocenters. The van der Waals surface area contributed by atoms with E-state index in [1.807, 2.05) is 0 Å². The maximum absolute atomic E-state index is 11.1. The molecule has 0 aliphatic rings.